The fourth-order valence-corrected chi connectivity index (χ4v) is 3.32. The second-order valence-corrected chi connectivity index (χ2v) is 7.11. The van der Waals surface area contributed by atoms with Crippen molar-refractivity contribution in [3.63, 3.8) is 0 Å². The number of rotatable bonds is 2. The summed E-state index contributed by atoms with van der Waals surface area (Å²) < 4.78 is 23.8. The maximum atomic E-state index is 10.9. The molecule has 0 spiro atoms. The molecular weight excluding hydrogens is 302 g/mol. The molecule has 0 radical (unpaired) electrons. The third kappa shape index (κ3) is 2.31. The maximum absolute atomic E-state index is 10.9. The van der Waals surface area contributed by atoms with Gasteiger partial charge in [-0.3, -0.25) is 10.1 Å². The van der Waals surface area contributed by atoms with Crippen LogP contribution in [0, 0.1) is 10.1 Å². The molecule has 0 bridgehead atoms. The van der Waals surface area contributed by atoms with E-state index in [0.717, 1.165) is 5.56 Å². The quantitative estimate of drug-likeness (QED) is 0.472. The number of hydrogen-bond acceptors (Lipinski definition) is 6. The number of epoxide rings is 1. The molecule has 3 aliphatic heterocycles. The molecule has 0 aromatic heterocycles. The Bertz CT molecular complexity index is 665. The van der Waals surface area contributed by atoms with Crippen LogP contribution in [-0.4, -0.2) is 41.5 Å². The third-order valence-electron chi connectivity index (χ3n) is 4.79. The molecule has 2 fully saturated rings. The van der Waals surface area contributed by atoms with Crippen molar-refractivity contribution in [2.24, 2.45) is 0 Å². The van der Waals surface area contributed by atoms with Gasteiger partial charge < -0.3 is 18.9 Å². The molecule has 7 nitrogen and oxygen atoms in total. The van der Waals surface area contributed by atoms with Crippen molar-refractivity contribution < 1.29 is 23.9 Å². The zero-order chi connectivity index (χ0) is 16.4. The first-order valence-corrected chi connectivity index (χ1v) is 7.68. The van der Waals surface area contributed by atoms with Gasteiger partial charge in [-0.1, -0.05) is 0 Å². The highest BCUT2D eigenvalue weighted by molar-refractivity contribution is 5.49. The van der Waals surface area contributed by atoms with Gasteiger partial charge in [0.05, 0.1) is 23.7 Å². The van der Waals surface area contributed by atoms with Gasteiger partial charge in [0.2, 0.25) is 0 Å². The van der Waals surface area contributed by atoms with Crippen LogP contribution in [0.25, 0.3) is 0 Å². The average molecular weight is 321 g/mol. The summed E-state index contributed by atoms with van der Waals surface area (Å²) in [5, 5.41) is 10.9. The monoisotopic (exact) mass is 321 g/mol. The van der Waals surface area contributed by atoms with E-state index in [1.807, 2.05) is 20.8 Å². The standard InChI is InChI=1S/C16H19NO6/c1-15(2)8-20-12(7-21-15)16(3)14-13(22-14)10-6-9(17(18)19)4-5-11(10)23-16/h4-6,12-14H,7-8H2,1-3H3/t12?,13-,14-,16-/m0/s1. The van der Waals surface area contributed by atoms with E-state index in [2.05, 4.69) is 0 Å². The molecular formula is C16H19NO6. The Hall–Kier alpha value is -1.70. The Balaban J connectivity index is 1.61. The van der Waals surface area contributed by atoms with Crippen LogP contribution in [0.15, 0.2) is 18.2 Å². The number of ether oxygens (including phenoxy) is 4. The molecule has 0 aliphatic carbocycles. The van der Waals surface area contributed by atoms with E-state index in [1.54, 1.807) is 6.07 Å². The number of nitrogens with zero attached hydrogens (tertiary/aromatic N) is 1. The summed E-state index contributed by atoms with van der Waals surface area (Å²) in [4.78, 5) is 10.5. The van der Waals surface area contributed by atoms with E-state index < -0.39 is 10.5 Å². The summed E-state index contributed by atoms with van der Waals surface area (Å²) in [6.07, 6.45) is -0.595. The average Bonchev–Trinajstić information content (AvgIpc) is 3.28. The van der Waals surface area contributed by atoms with Crippen molar-refractivity contribution in [2.75, 3.05) is 13.2 Å². The summed E-state index contributed by atoms with van der Waals surface area (Å²) in [5.41, 5.74) is -0.184. The zero-order valence-electron chi connectivity index (χ0n) is 13.3. The molecule has 7 heteroatoms. The number of nitro benzene ring substituents is 1. The largest absolute Gasteiger partial charge is 0.481 e. The van der Waals surface area contributed by atoms with Crippen molar-refractivity contribution in [1.29, 1.82) is 0 Å². The highest BCUT2D eigenvalue weighted by Gasteiger charge is 2.63. The van der Waals surface area contributed by atoms with Crippen molar-refractivity contribution in [1.82, 2.24) is 0 Å². The number of non-ortho nitro benzene ring substituents is 1. The molecule has 4 atom stereocenters. The molecule has 1 aromatic carbocycles. The van der Waals surface area contributed by atoms with E-state index >= 15 is 0 Å². The lowest BCUT2D eigenvalue weighted by Crippen LogP contribution is -2.58. The van der Waals surface area contributed by atoms with E-state index in [1.165, 1.54) is 12.1 Å². The van der Waals surface area contributed by atoms with Gasteiger partial charge in [0.15, 0.2) is 5.60 Å². The van der Waals surface area contributed by atoms with Crippen LogP contribution in [0.3, 0.4) is 0 Å². The Labute approximate surface area is 133 Å². The Morgan fingerprint density at radius 2 is 2.09 bits per heavy atom. The normalized spacial score (nSPS) is 37.3. The Kier molecular flexibility index (Phi) is 3.01. The highest BCUT2D eigenvalue weighted by Crippen LogP contribution is 2.56. The lowest BCUT2D eigenvalue weighted by Gasteiger charge is -2.44. The maximum Gasteiger partial charge on any atom is 0.270 e. The van der Waals surface area contributed by atoms with Crippen LogP contribution < -0.4 is 4.74 Å². The van der Waals surface area contributed by atoms with Crippen LogP contribution in [0.5, 0.6) is 5.75 Å². The lowest BCUT2D eigenvalue weighted by atomic mass is 9.87. The molecule has 124 valence electrons. The van der Waals surface area contributed by atoms with Gasteiger partial charge in [-0.2, -0.15) is 0 Å². The van der Waals surface area contributed by atoms with Gasteiger partial charge in [0, 0.05) is 17.7 Å². The predicted octanol–water partition coefficient (Wildman–Crippen LogP) is 2.38. The van der Waals surface area contributed by atoms with Crippen molar-refractivity contribution in [2.45, 2.75) is 50.3 Å². The van der Waals surface area contributed by atoms with Gasteiger partial charge in [-0.15, -0.1) is 0 Å². The lowest BCUT2D eigenvalue weighted by molar-refractivity contribution is -0.385. The third-order valence-corrected chi connectivity index (χ3v) is 4.79. The summed E-state index contributed by atoms with van der Waals surface area (Å²) >= 11 is 0. The van der Waals surface area contributed by atoms with Crippen molar-refractivity contribution >= 4 is 5.69 Å². The predicted molar refractivity (Wildman–Crippen MR) is 79.5 cm³/mol. The molecule has 1 aromatic rings. The number of fused-ring (bicyclic) bond motifs is 3. The minimum absolute atomic E-state index is 0.0456. The second-order valence-electron chi connectivity index (χ2n) is 7.11. The summed E-state index contributed by atoms with van der Waals surface area (Å²) in [7, 11) is 0. The molecule has 4 rings (SSSR count). The van der Waals surface area contributed by atoms with E-state index in [0.29, 0.717) is 19.0 Å². The number of nitro groups is 1. The van der Waals surface area contributed by atoms with Crippen molar-refractivity contribution in [3.05, 3.63) is 33.9 Å². The van der Waals surface area contributed by atoms with Gasteiger partial charge in [0.25, 0.3) is 5.69 Å². The van der Waals surface area contributed by atoms with Crippen LogP contribution >= 0.6 is 0 Å². The molecule has 3 aliphatic rings. The summed E-state index contributed by atoms with van der Waals surface area (Å²) in [6, 6.07) is 4.61. The summed E-state index contributed by atoms with van der Waals surface area (Å²) in [6.45, 7) is 6.84. The molecule has 1 unspecified atom stereocenters. The van der Waals surface area contributed by atoms with Gasteiger partial charge in [0.1, 0.15) is 24.1 Å². The van der Waals surface area contributed by atoms with Crippen LogP contribution in [-0.2, 0) is 14.2 Å². The first kappa shape index (κ1) is 14.9. The molecule has 0 saturated carbocycles. The van der Waals surface area contributed by atoms with E-state index in [4.69, 9.17) is 18.9 Å². The minimum atomic E-state index is -0.662. The van der Waals surface area contributed by atoms with Gasteiger partial charge >= 0.3 is 0 Å². The zero-order valence-corrected chi connectivity index (χ0v) is 13.3. The van der Waals surface area contributed by atoms with E-state index in [9.17, 15) is 10.1 Å². The topological polar surface area (TPSA) is 83.4 Å². The minimum Gasteiger partial charge on any atom is -0.481 e. The summed E-state index contributed by atoms with van der Waals surface area (Å²) in [5.74, 6) is 0.616. The van der Waals surface area contributed by atoms with Crippen molar-refractivity contribution in [3.8, 4) is 5.75 Å². The van der Waals surface area contributed by atoms with Crippen LogP contribution in [0.4, 0.5) is 5.69 Å². The molecule has 0 amide bonds. The second kappa shape index (κ2) is 4.66. The number of hydrogen-bond donors (Lipinski definition) is 0. The fourth-order valence-electron chi connectivity index (χ4n) is 3.32. The molecule has 0 N–H and O–H groups in total. The van der Waals surface area contributed by atoms with Crippen LogP contribution in [0.2, 0.25) is 0 Å². The Morgan fingerprint density at radius 1 is 1.30 bits per heavy atom. The number of benzene rings is 1. The molecule has 3 heterocycles. The first-order valence-electron chi connectivity index (χ1n) is 7.68. The molecule has 2 saturated heterocycles. The van der Waals surface area contributed by atoms with Gasteiger partial charge in [-0.25, -0.2) is 0 Å². The smallest absolute Gasteiger partial charge is 0.270 e. The highest BCUT2D eigenvalue weighted by atomic mass is 16.7. The van der Waals surface area contributed by atoms with E-state index in [-0.39, 0.29) is 29.6 Å². The molecule has 23 heavy (non-hydrogen) atoms. The van der Waals surface area contributed by atoms with Crippen LogP contribution in [0.1, 0.15) is 32.4 Å². The Morgan fingerprint density at radius 3 is 2.74 bits per heavy atom. The van der Waals surface area contributed by atoms with Gasteiger partial charge in [-0.05, 0) is 26.8 Å². The first-order chi connectivity index (χ1) is 10.8. The SMILES string of the molecule is CC1(C)COC([C@]2(C)Oc3ccc([N+](=O)[O-])cc3[C@@H]3O[C@@H]32)CO1. The fraction of sp³-hybridized carbons (Fsp3) is 0.625.